The van der Waals surface area contributed by atoms with Crippen molar-refractivity contribution in [1.82, 2.24) is 14.7 Å². The number of hydrogen-bond donors (Lipinski definition) is 2. The number of carbonyl (C=O) groups excluding carboxylic acids is 1. The smallest absolute Gasteiger partial charge is 0.255 e. The Morgan fingerprint density at radius 1 is 0.975 bits per heavy atom. The van der Waals surface area contributed by atoms with Crippen molar-refractivity contribution >= 4 is 34.6 Å². The molecule has 0 spiro atoms. The van der Waals surface area contributed by atoms with E-state index in [4.69, 9.17) is 10.1 Å². The topological polar surface area (TPSA) is 90.2 Å². The Balaban J connectivity index is 1.24. The number of aliphatic imine (C=N–C) groups is 2. The van der Waals surface area contributed by atoms with Crippen molar-refractivity contribution in [3.05, 3.63) is 109 Å². The van der Waals surface area contributed by atoms with E-state index in [1.165, 1.54) is 0 Å². The van der Waals surface area contributed by atoms with Crippen LogP contribution in [0.15, 0.2) is 107 Å². The monoisotopic (exact) mass is 530 g/mol. The van der Waals surface area contributed by atoms with Crippen LogP contribution >= 0.6 is 0 Å². The molecule has 3 aromatic carbocycles. The van der Waals surface area contributed by atoms with Crippen LogP contribution in [0.5, 0.6) is 0 Å². The lowest BCUT2D eigenvalue weighted by Gasteiger charge is -2.27. The molecule has 2 N–H and O–H groups in total. The number of aryl methyl sites for hydroxylation is 1. The molecule has 200 valence electrons. The molecule has 0 saturated carbocycles. The molecule has 9 heteroatoms. The van der Waals surface area contributed by atoms with Gasteiger partial charge >= 0.3 is 0 Å². The van der Waals surface area contributed by atoms with Gasteiger partial charge in [-0.15, -0.1) is 0 Å². The molecule has 3 heterocycles. The van der Waals surface area contributed by atoms with Crippen LogP contribution in [0.3, 0.4) is 0 Å². The third kappa shape index (κ3) is 4.96. The van der Waals surface area contributed by atoms with Crippen LogP contribution in [-0.4, -0.2) is 52.9 Å². The van der Waals surface area contributed by atoms with Gasteiger partial charge in [0.05, 0.1) is 18.3 Å². The first-order chi connectivity index (χ1) is 19.5. The Morgan fingerprint density at radius 2 is 1.77 bits per heavy atom. The molecule has 0 aliphatic carbocycles. The average Bonchev–Trinajstić information content (AvgIpc) is 3.58. The van der Waals surface area contributed by atoms with E-state index in [-0.39, 0.29) is 11.9 Å². The highest BCUT2D eigenvalue weighted by Crippen LogP contribution is 2.36. The van der Waals surface area contributed by atoms with Crippen LogP contribution in [0.4, 0.5) is 17.1 Å². The number of anilines is 3. The molecular formula is C31H30N8O. The summed E-state index contributed by atoms with van der Waals surface area (Å²) in [4.78, 5) is 26.4. The number of nitrogens with zero attached hydrogens (tertiary/aromatic N) is 6. The van der Waals surface area contributed by atoms with Gasteiger partial charge in [0.25, 0.3) is 5.91 Å². The number of benzene rings is 3. The van der Waals surface area contributed by atoms with Gasteiger partial charge in [0.2, 0.25) is 0 Å². The zero-order chi connectivity index (χ0) is 27.6. The quantitative estimate of drug-likeness (QED) is 0.360. The van der Waals surface area contributed by atoms with E-state index in [2.05, 4.69) is 37.6 Å². The first-order valence-corrected chi connectivity index (χ1v) is 13.1. The zero-order valence-electron chi connectivity index (χ0n) is 22.6. The third-order valence-corrected chi connectivity index (χ3v) is 6.91. The summed E-state index contributed by atoms with van der Waals surface area (Å²) in [5.74, 6) is 1.35. The predicted molar refractivity (Wildman–Crippen MR) is 161 cm³/mol. The second-order valence-corrected chi connectivity index (χ2v) is 9.94. The Morgan fingerprint density at radius 3 is 2.60 bits per heavy atom. The predicted octanol–water partition coefficient (Wildman–Crippen LogP) is 5.16. The summed E-state index contributed by atoms with van der Waals surface area (Å²) in [6.45, 7) is 0.571. The number of hydrogen-bond acceptors (Lipinski definition) is 7. The fraction of sp³-hybridized carbons (Fsp3) is 0.161. The van der Waals surface area contributed by atoms with Crippen molar-refractivity contribution in [1.29, 1.82) is 0 Å². The normalized spacial score (nSPS) is 15.8. The lowest BCUT2D eigenvalue weighted by Crippen LogP contribution is -2.37. The van der Waals surface area contributed by atoms with E-state index in [1.54, 1.807) is 18.3 Å². The van der Waals surface area contributed by atoms with E-state index < -0.39 is 0 Å². The summed E-state index contributed by atoms with van der Waals surface area (Å²) in [6.07, 6.45) is 5.80. The van der Waals surface area contributed by atoms with Crippen molar-refractivity contribution in [3.8, 4) is 11.3 Å². The average molecular weight is 531 g/mol. The third-order valence-electron chi connectivity index (χ3n) is 6.91. The molecular weight excluding hydrogens is 500 g/mol. The lowest BCUT2D eigenvalue weighted by molar-refractivity contribution is 0.102. The van der Waals surface area contributed by atoms with Gasteiger partial charge in [0.15, 0.2) is 11.7 Å². The van der Waals surface area contributed by atoms with Crippen molar-refractivity contribution < 1.29 is 4.79 Å². The number of aromatic nitrogens is 2. The van der Waals surface area contributed by atoms with Gasteiger partial charge in [-0.2, -0.15) is 5.10 Å². The minimum atomic E-state index is -0.151. The molecule has 0 bridgehead atoms. The van der Waals surface area contributed by atoms with Gasteiger partial charge in [-0.05, 0) is 42.5 Å². The van der Waals surface area contributed by atoms with Gasteiger partial charge in [-0.25, -0.2) is 4.99 Å². The zero-order valence-corrected chi connectivity index (χ0v) is 22.6. The standard InChI is InChI=1S/C31H30N8O/c1-37(2)25-14-8-13-24(18-25)34-29-30-33-19-27(39(30)16-15-32-29)26-20-38(3)36-28(26)22-11-7-12-23(17-22)35-31(40)21-9-5-4-6-10-21/h4-18,20,27H,19H2,1-3H3,(H,32,34)(H,35,40). The molecule has 9 nitrogen and oxygen atoms in total. The maximum atomic E-state index is 12.7. The molecule has 1 atom stereocenters. The van der Waals surface area contributed by atoms with Crippen LogP contribution in [0.25, 0.3) is 11.3 Å². The van der Waals surface area contributed by atoms with Gasteiger partial charge in [0.1, 0.15) is 0 Å². The summed E-state index contributed by atoms with van der Waals surface area (Å²) in [7, 11) is 5.96. The molecule has 0 fully saturated rings. The first-order valence-electron chi connectivity index (χ1n) is 13.1. The molecule has 0 radical (unpaired) electrons. The molecule has 2 aliphatic rings. The number of nitrogens with one attached hydrogen (secondary N) is 2. The molecule has 2 aliphatic heterocycles. The molecule has 6 rings (SSSR count). The number of carbonyl (C=O) groups is 1. The van der Waals surface area contributed by atoms with E-state index in [9.17, 15) is 4.79 Å². The highest BCUT2D eigenvalue weighted by Gasteiger charge is 2.34. The van der Waals surface area contributed by atoms with Crippen LogP contribution in [0, 0.1) is 0 Å². The van der Waals surface area contributed by atoms with Crippen LogP contribution in [0.1, 0.15) is 22.0 Å². The van der Waals surface area contributed by atoms with Gasteiger partial charge in [-0.1, -0.05) is 36.4 Å². The number of rotatable bonds is 6. The molecule has 1 aromatic heterocycles. The van der Waals surface area contributed by atoms with Crippen molar-refractivity contribution in [3.63, 3.8) is 0 Å². The highest BCUT2D eigenvalue weighted by atomic mass is 16.1. The SMILES string of the molecule is CN(C)c1cccc(NC2=NC=CN3C2=NCC3c2cn(C)nc2-c2cccc(NC(=O)c3ccccc3)c2)c1. The van der Waals surface area contributed by atoms with Gasteiger partial charge in [0, 0.05) is 73.5 Å². The lowest BCUT2D eigenvalue weighted by atomic mass is 10.0. The van der Waals surface area contributed by atoms with Crippen molar-refractivity contribution in [2.24, 2.45) is 17.0 Å². The summed E-state index contributed by atoms with van der Waals surface area (Å²) >= 11 is 0. The Hall–Kier alpha value is -5.18. The van der Waals surface area contributed by atoms with Crippen LogP contribution in [0.2, 0.25) is 0 Å². The molecule has 40 heavy (non-hydrogen) atoms. The number of amides is 1. The fourth-order valence-corrected chi connectivity index (χ4v) is 4.95. The summed E-state index contributed by atoms with van der Waals surface area (Å²) in [6, 6.07) is 25.1. The van der Waals surface area contributed by atoms with Crippen molar-refractivity contribution in [2.45, 2.75) is 6.04 Å². The molecule has 1 amide bonds. The van der Waals surface area contributed by atoms with Gasteiger partial charge in [-0.3, -0.25) is 14.5 Å². The largest absolute Gasteiger partial charge is 0.378 e. The maximum Gasteiger partial charge on any atom is 0.255 e. The number of fused-ring (bicyclic) bond motifs is 1. The minimum Gasteiger partial charge on any atom is -0.378 e. The number of amidine groups is 2. The highest BCUT2D eigenvalue weighted by molar-refractivity contribution is 6.45. The van der Waals surface area contributed by atoms with Gasteiger partial charge < -0.3 is 20.4 Å². The van der Waals surface area contributed by atoms with Crippen molar-refractivity contribution in [2.75, 3.05) is 36.2 Å². The maximum absolute atomic E-state index is 12.7. The second kappa shape index (κ2) is 10.5. The van der Waals surface area contributed by atoms with Crippen LogP contribution < -0.4 is 15.5 Å². The Bertz CT molecular complexity index is 1650. The fourth-order valence-electron chi connectivity index (χ4n) is 4.95. The van der Waals surface area contributed by atoms with E-state index in [0.717, 1.165) is 34.0 Å². The summed E-state index contributed by atoms with van der Waals surface area (Å²) in [5, 5.41) is 11.3. The van der Waals surface area contributed by atoms with E-state index in [0.29, 0.717) is 23.6 Å². The van der Waals surface area contributed by atoms with E-state index in [1.807, 2.05) is 92.8 Å². The Labute approximate surface area is 233 Å². The van der Waals surface area contributed by atoms with Crippen LogP contribution in [-0.2, 0) is 7.05 Å². The molecule has 1 unspecified atom stereocenters. The molecule has 0 saturated heterocycles. The second-order valence-electron chi connectivity index (χ2n) is 9.94. The summed E-state index contributed by atoms with van der Waals surface area (Å²) in [5.41, 5.74) is 6.19. The van der Waals surface area contributed by atoms with E-state index >= 15 is 0 Å². The minimum absolute atomic E-state index is 0.0436. The summed E-state index contributed by atoms with van der Waals surface area (Å²) < 4.78 is 1.82. The Kier molecular flexibility index (Phi) is 6.61. The molecule has 4 aromatic rings. The first kappa shape index (κ1) is 25.1.